The Kier molecular flexibility index (Phi) is 2.31. The number of thiophene rings is 1. The highest BCUT2D eigenvalue weighted by Crippen LogP contribution is 2.33. The fraction of sp³-hybridized carbons (Fsp3) is 0.400. The molecule has 1 atom stereocenters. The highest BCUT2D eigenvalue weighted by atomic mass is 32.2. The lowest BCUT2D eigenvalue weighted by molar-refractivity contribution is -0.120. The van der Waals surface area contributed by atoms with Crippen LogP contribution < -0.4 is 5.32 Å². The van der Waals surface area contributed by atoms with Crippen LogP contribution in [0.25, 0.3) is 9.40 Å². The van der Waals surface area contributed by atoms with Crippen LogP contribution in [-0.4, -0.2) is 16.7 Å². The van der Waals surface area contributed by atoms with Crippen LogP contribution >= 0.6 is 22.9 Å². The molecule has 5 heteroatoms. The minimum atomic E-state index is 0.134. The van der Waals surface area contributed by atoms with E-state index in [0.717, 1.165) is 12.2 Å². The summed E-state index contributed by atoms with van der Waals surface area (Å²) in [5, 5.41) is 6.66. The number of carbonyl (C=O) groups excluding carboxylic acids is 1. The third-order valence-electron chi connectivity index (χ3n) is 2.69. The highest BCUT2D eigenvalue weighted by molar-refractivity contribution is 7.35. The second kappa shape index (κ2) is 3.66. The molecule has 3 rings (SSSR count). The predicted octanol–water partition coefficient (Wildman–Crippen LogP) is 2.35. The Bertz CT molecular complexity index is 502. The molecule has 1 unspecified atom stereocenters. The molecule has 0 amide bonds. The third-order valence-corrected chi connectivity index (χ3v) is 4.58. The summed E-state index contributed by atoms with van der Waals surface area (Å²) in [4.78, 5) is 11.4. The lowest BCUT2D eigenvalue weighted by Gasteiger charge is -2.20. The van der Waals surface area contributed by atoms with Crippen molar-refractivity contribution in [3.8, 4) is 0 Å². The van der Waals surface area contributed by atoms with Gasteiger partial charge in [-0.25, -0.2) is 0 Å². The van der Waals surface area contributed by atoms with Crippen LogP contribution in [0, 0.1) is 0 Å². The van der Waals surface area contributed by atoms with Crippen LogP contribution in [-0.2, 0) is 4.79 Å². The maximum atomic E-state index is 11.4. The fourth-order valence-electron chi connectivity index (χ4n) is 1.93. The number of carbonyl (C=O) groups is 1. The van der Waals surface area contributed by atoms with Gasteiger partial charge >= 0.3 is 0 Å². The van der Waals surface area contributed by atoms with Crippen molar-refractivity contribution >= 4 is 38.1 Å². The topological polar surface area (TPSA) is 42.0 Å². The summed E-state index contributed by atoms with van der Waals surface area (Å²) in [7, 11) is 0. The van der Waals surface area contributed by atoms with Crippen LogP contribution in [0.4, 0.5) is 0 Å². The Morgan fingerprint density at radius 1 is 1.53 bits per heavy atom. The molecular weight excluding hydrogens is 228 g/mol. The van der Waals surface area contributed by atoms with Crippen LogP contribution in [0.15, 0.2) is 11.4 Å². The van der Waals surface area contributed by atoms with Crippen molar-refractivity contribution in [1.82, 2.24) is 9.69 Å². The van der Waals surface area contributed by atoms with E-state index in [1.165, 1.54) is 20.9 Å². The SMILES string of the molecule is O=C1CCNC(c2nsc3sccc23)C1. The zero-order valence-electron chi connectivity index (χ0n) is 8.03. The number of nitrogens with one attached hydrogen (secondary N) is 1. The van der Waals surface area contributed by atoms with Crippen molar-refractivity contribution < 1.29 is 4.79 Å². The number of aromatic nitrogens is 1. The normalized spacial score (nSPS) is 22.4. The van der Waals surface area contributed by atoms with Crippen molar-refractivity contribution in [2.45, 2.75) is 18.9 Å². The summed E-state index contributed by atoms with van der Waals surface area (Å²) in [6.45, 7) is 0.784. The first kappa shape index (κ1) is 9.45. The maximum Gasteiger partial charge on any atom is 0.136 e. The van der Waals surface area contributed by atoms with Crippen LogP contribution in [0.1, 0.15) is 24.6 Å². The average molecular weight is 238 g/mol. The average Bonchev–Trinajstić information content (AvgIpc) is 2.77. The molecule has 1 saturated heterocycles. The molecule has 2 aromatic heterocycles. The van der Waals surface area contributed by atoms with Gasteiger partial charge in [0.15, 0.2) is 0 Å². The summed E-state index contributed by atoms with van der Waals surface area (Å²) in [6, 6.07) is 2.23. The number of fused-ring (bicyclic) bond motifs is 1. The van der Waals surface area contributed by atoms with Crippen molar-refractivity contribution in [2.75, 3.05) is 6.54 Å². The van der Waals surface area contributed by atoms with Crippen molar-refractivity contribution in [1.29, 1.82) is 0 Å². The summed E-state index contributed by atoms with van der Waals surface area (Å²) in [5.41, 5.74) is 1.06. The maximum absolute atomic E-state index is 11.4. The van der Waals surface area contributed by atoms with Crippen LogP contribution in [0.5, 0.6) is 0 Å². The molecule has 0 spiro atoms. The van der Waals surface area contributed by atoms with Gasteiger partial charge in [0.1, 0.15) is 9.80 Å². The van der Waals surface area contributed by atoms with E-state index in [0.29, 0.717) is 18.6 Å². The van der Waals surface area contributed by atoms with Crippen molar-refractivity contribution in [2.24, 2.45) is 0 Å². The minimum absolute atomic E-state index is 0.134. The van der Waals surface area contributed by atoms with E-state index < -0.39 is 0 Å². The van der Waals surface area contributed by atoms with E-state index in [4.69, 9.17) is 0 Å². The number of ketones is 1. The van der Waals surface area contributed by atoms with E-state index in [-0.39, 0.29) is 6.04 Å². The molecule has 1 aliphatic heterocycles. The van der Waals surface area contributed by atoms with Gasteiger partial charge in [-0.2, -0.15) is 4.37 Å². The third kappa shape index (κ3) is 1.60. The van der Waals surface area contributed by atoms with Crippen molar-refractivity contribution in [3.63, 3.8) is 0 Å². The molecule has 3 heterocycles. The molecule has 1 fully saturated rings. The van der Waals surface area contributed by atoms with Gasteiger partial charge in [-0.15, -0.1) is 11.3 Å². The van der Waals surface area contributed by atoms with E-state index in [9.17, 15) is 4.79 Å². The van der Waals surface area contributed by atoms with Crippen LogP contribution in [0.2, 0.25) is 0 Å². The molecule has 0 aliphatic carbocycles. The van der Waals surface area contributed by atoms with Gasteiger partial charge in [-0.05, 0) is 23.0 Å². The van der Waals surface area contributed by atoms with Gasteiger partial charge in [0.2, 0.25) is 0 Å². The molecule has 0 bridgehead atoms. The second-order valence-corrected chi connectivity index (χ2v) is 5.64. The fourth-order valence-corrected chi connectivity index (χ4v) is 3.68. The number of nitrogens with zero attached hydrogens (tertiary/aromatic N) is 1. The van der Waals surface area contributed by atoms with Gasteiger partial charge in [0.05, 0.1) is 11.7 Å². The first-order valence-electron chi connectivity index (χ1n) is 4.92. The summed E-state index contributed by atoms with van der Waals surface area (Å²) < 4.78 is 5.71. The van der Waals surface area contributed by atoms with Gasteiger partial charge in [0.25, 0.3) is 0 Å². The lowest BCUT2D eigenvalue weighted by Crippen LogP contribution is -2.32. The van der Waals surface area contributed by atoms with Crippen LogP contribution in [0.3, 0.4) is 0 Å². The Hall–Kier alpha value is -0.780. The number of Topliss-reactive ketones (excluding diaryl/α,β-unsaturated/α-hetero) is 1. The Labute approximate surface area is 95.3 Å². The molecule has 78 valence electrons. The standard InChI is InChI=1S/C10H10N2OS2/c13-6-1-3-11-8(5-6)9-7-2-4-14-10(7)15-12-9/h2,4,8,11H,1,3,5H2. The molecule has 1 aliphatic rings. The molecule has 0 saturated carbocycles. The van der Waals surface area contributed by atoms with Gasteiger partial charge in [-0.1, -0.05) is 0 Å². The smallest absolute Gasteiger partial charge is 0.136 e. The van der Waals surface area contributed by atoms with Crippen molar-refractivity contribution in [3.05, 3.63) is 17.1 Å². The molecule has 3 nitrogen and oxygen atoms in total. The first-order valence-corrected chi connectivity index (χ1v) is 6.58. The van der Waals surface area contributed by atoms with Gasteiger partial charge < -0.3 is 5.32 Å². The lowest BCUT2D eigenvalue weighted by atomic mass is 10.00. The number of piperidine rings is 1. The molecule has 1 N–H and O–H groups in total. The second-order valence-electron chi connectivity index (χ2n) is 3.69. The first-order chi connectivity index (χ1) is 7.34. The monoisotopic (exact) mass is 238 g/mol. The van der Waals surface area contributed by atoms with E-state index >= 15 is 0 Å². The molecule has 2 aromatic rings. The Morgan fingerprint density at radius 3 is 3.33 bits per heavy atom. The van der Waals surface area contributed by atoms with E-state index in [2.05, 4.69) is 21.1 Å². The highest BCUT2D eigenvalue weighted by Gasteiger charge is 2.24. The molecular formula is C10H10N2OS2. The summed E-state index contributed by atoms with van der Waals surface area (Å²) in [5.74, 6) is 0.343. The summed E-state index contributed by atoms with van der Waals surface area (Å²) in [6.07, 6.45) is 1.25. The largest absolute Gasteiger partial charge is 0.308 e. The number of hydrogen-bond donors (Lipinski definition) is 1. The molecule has 0 radical (unpaired) electrons. The quantitative estimate of drug-likeness (QED) is 0.829. The Balaban J connectivity index is 1.99. The predicted molar refractivity (Wildman–Crippen MR) is 62.5 cm³/mol. The molecule has 15 heavy (non-hydrogen) atoms. The van der Waals surface area contributed by atoms with Gasteiger partial charge in [-0.3, -0.25) is 4.79 Å². The zero-order valence-corrected chi connectivity index (χ0v) is 9.66. The Morgan fingerprint density at radius 2 is 2.47 bits per heavy atom. The number of hydrogen-bond acceptors (Lipinski definition) is 5. The summed E-state index contributed by atoms with van der Waals surface area (Å²) >= 11 is 3.25. The van der Waals surface area contributed by atoms with Gasteiger partial charge in [0, 0.05) is 24.8 Å². The number of rotatable bonds is 1. The van der Waals surface area contributed by atoms with E-state index in [1.807, 2.05) is 0 Å². The molecule has 0 aromatic carbocycles. The van der Waals surface area contributed by atoms with E-state index in [1.54, 1.807) is 11.3 Å². The zero-order chi connectivity index (χ0) is 10.3. The minimum Gasteiger partial charge on any atom is -0.308 e.